The zero-order valence-corrected chi connectivity index (χ0v) is 11.4. The van der Waals surface area contributed by atoms with Gasteiger partial charge < -0.3 is 16.0 Å². The molecule has 0 saturated carbocycles. The van der Waals surface area contributed by atoms with Crippen molar-refractivity contribution in [2.45, 2.75) is 13.3 Å². The first kappa shape index (κ1) is 13.9. The number of hydrogen-bond donors (Lipinski definition) is 3. The van der Waals surface area contributed by atoms with Crippen LogP contribution in [0.25, 0.3) is 0 Å². The number of urea groups is 1. The lowest BCUT2D eigenvalue weighted by molar-refractivity contribution is 0.262. The molecule has 2 aromatic rings. The molecular formula is C15H18N4O. The number of nitrogens with one attached hydrogen (secondary N) is 3. The number of rotatable bonds is 5. The van der Waals surface area contributed by atoms with Crippen LogP contribution >= 0.6 is 0 Å². The van der Waals surface area contributed by atoms with Crippen molar-refractivity contribution in [1.82, 2.24) is 4.98 Å². The maximum atomic E-state index is 11.8. The summed E-state index contributed by atoms with van der Waals surface area (Å²) in [6.45, 7) is 2.98. The van der Waals surface area contributed by atoms with Crippen molar-refractivity contribution in [3.63, 3.8) is 0 Å². The monoisotopic (exact) mass is 270 g/mol. The number of aromatic nitrogens is 1. The molecule has 2 amide bonds. The fourth-order valence-corrected chi connectivity index (χ4v) is 1.64. The van der Waals surface area contributed by atoms with Crippen LogP contribution in [-0.2, 0) is 0 Å². The smallest absolute Gasteiger partial charge is 0.323 e. The molecule has 0 atom stereocenters. The molecule has 1 heterocycles. The molecule has 0 saturated heterocycles. The predicted molar refractivity (Wildman–Crippen MR) is 82.1 cm³/mol. The Morgan fingerprint density at radius 3 is 2.45 bits per heavy atom. The van der Waals surface area contributed by atoms with Crippen molar-refractivity contribution in [1.29, 1.82) is 0 Å². The Kier molecular flexibility index (Phi) is 4.94. The van der Waals surface area contributed by atoms with Gasteiger partial charge >= 0.3 is 6.03 Å². The van der Waals surface area contributed by atoms with Crippen LogP contribution in [0.15, 0.2) is 48.7 Å². The fraction of sp³-hybridized carbons (Fsp3) is 0.200. The van der Waals surface area contributed by atoms with E-state index in [-0.39, 0.29) is 6.03 Å². The molecule has 0 bridgehead atoms. The van der Waals surface area contributed by atoms with E-state index >= 15 is 0 Å². The van der Waals surface area contributed by atoms with Crippen LogP contribution in [0.1, 0.15) is 13.3 Å². The summed E-state index contributed by atoms with van der Waals surface area (Å²) in [4.78, 5) is 16.0. The van der Waals surface area contributed by atoms with E-state index in [1.54, 1.807) is 6.20 Å². The van der Waals surface area contributed by atoms with Gasteiger partial charge in [0.15, 0.2) is 0 Å². The molecule has 0 radical (unpaired) electrons. The largest absolute Gasteiger partial charge is 0.370 e. The minimum Gasteiger partial charge on any atom is -0.370 e. The summed E-state index contributed by atoms with van der Waals surface area (Å²) in [5.74, 6) is 0.806. The normalized spacial score (nSPS) is 9.85. The molecule has 0 aliphatic rings. The van der Waals surface area contributed by atoms with Gasteiger partial charge in [0.2, 0.25) is 0 Å². The number of benzene rings is 1. The Bertz CT molecular complexity index is 540. The number of pyridine rings is 1. The molecule has 0 spiro atoms. The third-order valence-corrected chi connectivity index (χ3v) is 2.61. The van der Waals surface area contributed by atoms with E-state index in [0.29, 0.717) is 5.69 Å². The zero-order valence-electron chi connectivity index (χ0n) is 11.4. The van der Waals surface area contributed by atoms with E-state index in [1.165, 1.54) is 0 Å². The molecule has 2 rings (SSSR count). The highest BCUT2D eigenvalue weighted by Crippen LogP contribution is 2.11. The van der Waals surface area contributed by atoms with E-state index in [1.807, 2.05) is 42.5 Å². The highest BCUT2D eigenvalue weighted by molar-refractivity contribution is 5.99. The molecule has 20 heavy (non-hydrogen) atoms. The van der Waals surface area contributed by atoms with Crippen molar-refractivity contribution in [3.8, 4) is 0 Å². The fourth-order valence-electron chi connectivity index (χ4n) is 1.64. The topological polar surface area (TPSA) is 66.0 Å². The van der Waals surface area contributed by atoms with Gasteiger partial charge in [0.25, 0.3) is 0 Å². The number of nitrogens with zero attached hydrogens (tertiary/aromatic N) is 1. The van der Waals surface area contributed by atoms with E-state index < -0.39 is 0 Å². The molecule has 1 aromatic carbocycles. The number of carbonyl (C=O) groups excluding carboxylic acids is 1. The van der Waals surface area contributed by atoms with Crippen molar-refractivity contribution < 1.29 is 4.79 Å². The van der Waals surface area contributed by atoms with Crippen molar-refractivity contribution in [2.24, 2.45) is 0 Å². The van der Waals surface area contributed by atoms with E-state index in [2.05, 4.69) is 27.9 Å². The highest BCUT2D eigenvalue weighted by atomic mass is 16.2. The second kappa shape index (κ2) is 7.13. The SMILES string of the molecule is CCCNc1ccc(NC(=O)Nc2ccccc2)cn1. The number of carbonyl (C=O) groups is 1. The van der Waals surface area contributed by atoms with Crippen LogP contribution in [0, 0.1) is 0 Å². The van der Waals surface area contributed by atoms with Gasteiger partial charge in [-0.3, -0.25) is 0 Å². The molecule has 5 nitrogen and oxygen atoms in total. The van der Waals surface area contributed by atoms with Gasteiger partial charge in [-0.2, -0.15) is 0 Å². The molecule has 0 aliphatic heterocycles. The summed E-state index contributed by atoms with van der Waals surface area (Å²) < 4.78 is 0. The van der Waals surface area contributed by atoms with Gasteiger partial charge in [-0.15, -0.1) is 0 Å². The minimum atomic E-state index is -0.285. The average molecular weight is 270 g/mol. The van der Waals surface area contributed by atoms with Gasteiger partial charge in [-0.25, -0.2) is 9.78 Å². The van der Waals surface area contributed by atoms with Gasteiger partial charge in [0, 0.05) is 12.2 Å². The Labute approximate surface area is 118 Å². The van der Waals surface area contributed by atoms with Crippen LogP contribution in [0.4, 0.5) is 22.0 Å². The summed E-state index contributed by atoms with van der Waals surface area (Å²) in [7, 11) is 0. The van der Waals surface area contributed by atoms with Crippen molar-refractivity contribution >= 4 is 23.2 Å². The first-order chi connectivity index (χ1) is 9.78. The quantitative estimate of drug-likeness (QED) is 0.778. The van der Waals surface area contributed by atoms with Crippen LogP contribution in [-0.4, -0.2) is 17.6 Å². The van der Waals surface area contributed by atoms with Crippen molar-refractivity contribution in [2.75, 3.05) is 22.5 Å². The maximum Gasteiger partial charge on any atom is 0.323 e. The third kappa shape index (κ3) is 4.28. The van der Waals surface area contributed by atoms with Gasteiger partial charge in [0.1, 0.15) is 5.82 Å². The lowest BCUT2D eigenvalue weighted by Gasteiger charge is -2.08. The Hall–Kier alpha value is -2.56. The lowest BCUT2D eigenvalue weighted by Crippen LogP contribution is -2.19. The second-order valence-electron chi connectivity index (χ2n) is 4.30. The van der Waals surface area contributed by atoms with E-state index in [4.69, 9.17) is 0 Å². The standard InChI is InChI=1S/C15H18N4O/c1-2-10-16-14-9-8-13(11-17-14)19-15(20)18-12-6-4-3-5-7-12/h3-9,11H,2,10H2,1H3,(H,16,17)(H2,18,19,20). The Morgan fingerprint density at radius 2 is 1.80 bits per heavy atom. The number of hydrogen-bond acceptors (Lipinski definition) is 3. The molecule has 104 valence electrons. The molecule has 0 fully saturated rings. The van der Waals surface area contributed by atoms with Crippen molar-refractivity contribution in [3.05, 3.63) is 48.7 Å². The van der Waals surface area contributed by atoms with Crippen LogP contribution < -0.4 is 16.0 Å². The van der Waals surface area contributed by atoms with E-state index in [0.717, 1.165) is 24.5 Å². The second-order valence-corrected chi connectivity index (χ2v) is 4.30. The number of anilines is 3. The average Bonchev–Trinajstić information content (AvgIpc) is 2.47. The maximum absolute atomic E-state index is 11.8. The summed E-state index contributed by atoms with van der Waals surface area (Å²) in [6, 6.07) is 12.7. The predicted octanol–water partition coefficient (Wildman–Crippen LogP) is 3.55. The summed E-state index contributed by atoms with van der Waals surface area (Å²) in [5, 5.41) is 8.65. The number of amides is 2. The Morgan fingerprint density at radius 1 is 1.05 bits per heavy atom. The van der Waals surface area contributed by atoms with Gasteiger partial charge in [0.05, 0.1) is 11.9 Å². The summed E-state index contributed by atoms with van der Waals surface area (Å²) in [6.07, 6.45) is 2.67. The van der Waals surface area contributed by atoms with Crippen LogP contribution in [0.3, 0.4) is 0 Å². The highest BCUT2D eigenvalue weighted by Gasteiger charge is 2.02. The first-order valence-corrected chi connectivity index (χ1v) is 6.61. The first-order valence-electron chi connectivity index (χ1n) is 6.61. The molecule has 3 N–H and O–H groups in total. The van der Waals surface area contributed by atoms with Crippen LogP contribution in [0.2, 0.25) is 0 Å². The minimum absolute atomic E-state index is 0.285. The third-order valence-electron chi connectivity index (χ3n) is 2.61. The molecule has 5 heteroatoms. The van der Waals surface area contributed by atoms with Gasteiger partial charge in [-0.05, 0) is 30.7 Å². The molecule has 1 aromatic heterocycles. The lowest BCUT2D eigenvalue weighted by atomic mass is 10.3. The van der Waals surface area contributed by atoms with E-state index in [9.17, 15) is 4.79 Å². The molecule has 0 unspecified atom stereocenters. The van der Waals surface area contributed by atoms with Crippen LogP contribution in [0.5, 0.6) is 0 Å². The Balaban J connectivity index is 1.88. The van der Waals surface area contributed by atoms with Gasteiger partial charge in [-0.1, -0.05) is 25.1 Å². The summed E-state index contributed by atoms with van der Waals surface area (Å²) >= 11 is 0. The molecular weight excluding hydrogens is 252 g/mol. The number of para-hydroxylation sites is 1. The molecule has 0 aliphatic carbocycles. The summed E-state index contributed by atoms with van der Waals surface area (Å²) in [5.41, 5.74) is 1.40. The zero-order chi connectivity index (χ0) is 14.2.